The molecule has 2 heterocycles. The molecule has 1 N–H and O–H groups in total. The summed E-state index contributed by atoms with van der Waals surface area (Å²) in [5.74, 6) is 1.07. The minimum atomic E-state index is -3.55. The number of nitrogens with zero attached hydrogens (tertiary/aromatic N) is 3. The second kappa shape index (κ2) is 8.62. The van der Waals surface area contributed by atoms with Crippen LogP contribution in [0.25, 0.3) is 11.5 Å². The van der Waals surface area contributed by atoms with E-state index in [1.54, 1.807) is 12.1 Å². The molecule has 0 amide bonds. The van der Waals surface area contributed by atoms with Crippen molar-refractivity contribution in [2.75, 3.05) is 13.1 Å². The molecule has 4 rings (SSSR count). The van der Waals surface area contributed by atoms with Gasteiger partial charge in [-0.2, -0.15) is 0 Å². The van der Waals surface area contributed by atoms with Crippen molar-refractivity contribution in [2.45, 2.75) is 30.3 Å². The first-order valence-corrected chi connectivity index (χ1v) is 11.2. The summed E-state index contributed by atoms with van der Waals surface area (Å²) in [4.78, 5) is 2.42. The largest absolute Gasteiger partial charge is 0.419 e. The summed E-state index contributed by atoms with van der Waals surface area (Å²) in [6.07, 6.45) is 1.43. The van der Waals surface area contributed by atoms with Crippen LogP contribution < -0.4 is 4.72 Å². The van der Waals surface area contributed by atoms with Crippen molar-refractivity contribution >= 4 is 21.6 Å². The van der Waals surface area contributed by atoms with Crippen LogP contribution in [0.2, 0.25) is 5.02 Å². The van der Waals surface area contributed by atoms with Gasteiger partial charge in [0.05, 0.1) is 11.4 Å². The van der Waals surface area contributed by atoms with E-state index < -0.39 is 10.0 Å². The molecule has 1 aliphatic heterocycles. The molecule has 0 radical (unpaired) electrons. The van der Waals surface area contributed by atoms with Crippen molar-refractivity contribution in [3.05, 3.63) is 65.5 Å². The van der Waals surface area contributed by atoms with Crippen LogP contribution in [0.3, 0.4) is 0 Å². The lowest BCUT2D eigenvalue weighted by Gasteiger charge is -2.31. The fraction of sp³-hybridized carbons (Fsp3) is 0.300. The molecule has 1 saturated heterocycles. The number of nitrogens with one attached hydrogen (secondary N) is 1. The minimum absolute atomic E-state index is 0.102. The second-order valence-corrected chi connectivity index (χ2v) is 9.14. The van der Waals surface area contributed by atoms with Crippen molar-refractivity contribution in [1.82, 2.24) is 19.8 Å². The SMILES string of the molecule is O=S(=O)(NC1CCN(Cc2nnc(-c3ccccc3)o2)CC1)c1ccc(Cl)cc1. The van der Waals surface area contributed by atoms with Gasteiger partial charge >= 0.3 is 0 Å². The van der Waals surface area contributed by atoms with Crippen LogP contribution in [0, 0.1) is 0 Å². The van der Waals surface area contributed by atoms with Gasteiger partial charge in [0.15, 0.2) is 0 Å². The Morgan fingerprint density at radius 2 is 1.72 bits per heavy atom. The van der Waals surface area contributed by atoms with E-state index in [1.165, 1.54) is 12.1 Å². The molecular formula is C20H21ClN4O3S. The highest BCUT2D eigenvalue weighted by Crippen LogP contribution is 2.20. The highest BCUT2D eigenvalue weighted by Gasteiger charge is 2.25. The summed E-state index contributed by atoms with van der Waals surface area (Å²) in [6, 6.07) is 15.7. The summed E-state index contributed by atoms with van der Waals surface area (Å²) in [7, 11) is -3.55. The molecule has 29 heavy (non-hydrogen) atoms. The molecule has 1 aliphatic rings. The number of benzene rings is 2. The van der Waals surface area contributed by atoms with Crippen LogP contribution in [0.5, 0.6) is 0 Å². The fourth-order valence-corrected chi connectivity index (χ4v) is 4.75. The van der Waals surface area contributed by atoms with Crippen molar-refractivity contribution in [1.29, 1.82) is 0 Å². The lowest BCUT2D eigenvalue weighted by atomic mass is 10.1. The average Bonchev–Trinajstić information content (AvgIpc) is 3.19. The number of sulfonamides is 1. The Labute approximate surface area is 174 Å². The molecule has 0 unspecified atom stereocenters. The van der Waals surface area contributed by atoms with Crippen molar-refractivity contribution in [2.24, 2.45) is 0 Å². The highest BCUT2D eigenvalue weighted by molar-refractivity contribution is 7.89. The first kappa shape index (κ1) is 20.0. The van der Waals surface area contributed by atoms with Crippen molar-refractivity contribution in [3.63, 3.8) is 0 Å². The monoisotopic (exact) mass is 432 g/mol. The van der Waals surface area contributed by atoms with E-state index in [-0.39, 0.29) is 10.9 Å². The van der Waals surface area contributed by atoms with Gasteiger partial charge in [0.25, 0.3) is 0 Å². The molecule has 1 fully saturated rings. The van der Waals surface area contributed by atoms with Crippen molar-refractivity contribution < 1.29 is 12.8 Å². The molecule has 0 aliphatic carbocycles. The van der Waals surface area contributed by atoms with Gasteiger partial charge in [0.2, 0.25) is 21.8 Å². The Kier molecular flexibility index (Phi) is 5.96. The third kappa shape index (κ3) is 5.02. The van der Waals surface area contributed by atoms with Gasteiger partial charge in [0.1, 0.15) is 0 Å². The third-order valence-electron chi connectivity index (χ3n) is 4.88. The number of hydrogen-bond acceptors (Lipinski definition) is 6. The van der Waals surface area contributed by atoms with E-state index in [2.05, 4.69) is 19.8 Å². The minimum Gasteiger partial charge on any atom is -0.419 e. The molecule has 0 saturated carbocycles. The second-order valence-electron chi connectivity index (χ2n) is 6.99. The van der Waals surface area contributed by atoms with Crippen LogP contribution in [0.1, 0.15) is 18.7 Å². The molecule has 0 atom stereocenters. The standard InChI is InChI=1S/C20H21ClN4O3S/c21-16-6-8-18(9-7-16)29(26,27)24-17-10-12-25(13-11-17)14-19-22-23-20(28-19)15-4-2-1-3-5-15/h1-9,17,24H,10-14H2. The van der Waals surface area contributed by atoms with E-state index in [9.17, 15) is 8.42 Å². The first-order chi connectivity index (χ1) is 14.0. The molecule has 152 valence electrons. The molecule has 7 nitrogen and oxygen atoms in total. The molecule has 0 bridgehead atoms. The summed E-state index contributed by atoms with van der Waals surface area (Å²) in [5.41, 5.74) is 0.890. The quantitative estimate of drug-likeness (QED) is 0.642. The van der Waals surface area contributed by atoms with Crippen LogP contribution >= 0.6 is 11.6 Å². The molecule has 3 aromatic rings. The van der Waals surface area contributed by atoms with Crippen LogP contribution in [-0.2, 0) is 16.6 Å². The zero-order valence-electron chi connectivity index (χ0n) is 15.7. The van der Waals surface area contributed by atoms with E-state index in [0.29, 0.717) is 36.2 Å². The van der Waals surface area contributed by atoms with Gasteiger partial charge in [0, 0.05) is 29.7 Å². The van der Waals surface area contributed by atoms with Crippen LogP contribution in [0.4, 0.5) is 0 Å². The maximum atomic E-state index is 12.5. The number of rotatable bonds is 6. The van der Waals surface area contributed by atoms with Crippen LogP contribution in [0.15, 0.2) is 63.9 Å². The van der Waals surface area contributed by atoms with Crippen molar-refractivity contribution in [3.8, 4) is 11.5 Å². The number of aromatic nitrogens is 2. The average molecular weight is 433 g/mol. The fourth-order valence-electron chi connectivity index (χ4n) is 3.32. The van der Waals surface area contributed by atoms with Crippen LogP contribution in [-0.4, -0.2) is 42.6 Å². The number of piperidine rings is 1. The van der Waals surface area contributed by atoms with Gasteiger partial charge in [-0.1, -0.05) is 29.8 Å². The Bertz CT molecular complexity index is 1050. The van der Waals surface area contributed by atoms with Gasteiger partial charge in [-0.25, -0.2) is 13.1 Å². The molecular weight excluding hydrogens is 412 g/mol. The normalized spacial score (nSPS) is 16.2. The van der Waals surface area contributed by atoms with Gasteiger partial charge < -0.3 is 4.42 Å². The van der Waals surface area contributed by atoms with E-state index in [1.807, 2.05) is 30.3 Å². The smallest absolute Gasteiger partial charge is 0.247 e. The zero-order chi connectivity index (χ0) is 20.3. The predicted molar refractivity (Wildman–Crippen MR) is 110 cm³/mol. The highest BCUT2D eigenvalue weighted by atomic mass is 35.5. The molecule has 2 aromatic carbocycles. The maximum Gasteiger partial charge on any atom is 0.247 e. The Morgan fingerprint density at radius 1 is 1.03 bits per heavy atom. The van der Waals surface area contributed by atoms with Gasteiger partial charge in [-0.3, -0.25) is 4.90 Å². The number of halogens is 1. The topological polar surface area (TPSA) is 88.3 Å². The Balaban J connectivity index is 1.31. The maximum absolute atomic E-state index is 12.5. The summed E-state index contributed by atoms with van der Waals surface area (Å²) < 4.78 is 33.6. The lowest BCUT2D eigenvalue weighted by Crippen LogP contribution is -2.44. The van der Waals surface area contributed by atoms with E-state index in [4.69, 9.17) is 16.0 Å². The first-order valence-electron chi connectivity index (χ1n) is 9.38. The van der Waals surface area contributed by atoms with Gasteiger partial charge in [-0.15, -0.1) is 10.2 Å². The Hall–Kier alpha value is -2.26. The number of likely N-dealkylation sites (tertiary alicyclic amines) is 1. The predicted octanol–water partition coefficient (Wildman–Crippen LogP) is 3.33. The summed E-state index contributed by atoms with van der Waals surface area (Å²) >= 11 is 5.83. The summed E-state index contributed by atoms with van der Waals surface area (Å²) in [5, 5.41) is 8.75. The Morgan fingerprint density at radius 3 is 2.41 bits per heavy atom. The lowest BCUT2D eigenvalue weighted by molar-refractivity contribution is 0.184. The van der Waals surface area contributed by atoms with Gasteiger partial charge in [-0.05, 0) is 49.2 Å². The number of hydrogen-bond donors (Lipinski definition) is 1. The molecule has 1 aromatic heterocycles. The molecule has 9 heteroatoms. The zero-order valence-corrected chi connectivity index (χ0v) is 17.2. The molecule has 0 spiro atoms. The third-order valence-corrected chi connectivity index (χ3v) is 6.67. The van der Waals surface area contributed by atoms with E-state index in [0.717, 1.165) is 18.7 Å². The van der Waals surface area contributed by atoms with E-state index >= 15 is 0 Å². The summed E-state index contributed by atoms with van der Waals surface area (Å²) in [6.45, 7) is 2.05.